The first kappa shape index (κ1) is 10.9. The lowest BCUT2D eigenvalue weighted by atomic mass is 10.00. The van der Waals surface area contributed by atoms with E-state index in [1.165, 1.54) is 5.56 Å². The molecule has 0 saturated carbocycles. The van der Waals surface area contributed by atoms with Crippen LogP contribution < -0.4 is 0 Å². The third-order valence-corrected chi connectivity index (χ3v) is 2.78. The van der Waals surface area contributed by atoms with E-state index in [2.05, 4.69) is 12.1 Å². The summed E-state index contributed by atoms with van der Waals surface area (Å²) in [7, 11) is 0. The Labute approximate surface area is 95.9 Å². The van der Waals surface area contributed by atoms with Crippen molar-refractivity contribution >= 4 is 5.78 Å². The van der Waals surface area contributed by atoms with Crippen molar-refractivity contribution in [2.45, 2.75) is 25.7 Å². The topological polar surface area (TPSA) is 26.3 Å². The number of ketones is 1. The van der Waals surface area contributed by atoms with E-state index in [9.17, 15) is 4.79 Å². The quantitative estimate of drug-likeness (QED) is 0.773. The van der Waals surface area contributed by atoms with Gasteiger partial charge in [0.1, 0.15) is 0 Å². The molecule has 0 spiro atoms. The van der Waals surface area contributed by atoms with Gasteiger partial charge in [-0.15, -0.1) is 0 Å². The number of carbonyl (C=O) groups is 1. The molecule has 0 fully saturated rings. The highest BCUT2D eigenvalue weighted by Gasteiger charge is 2.12. The molecule has 1 aliphatic rings. The number of hydrogen-bond acceptors (Lipinski definition) is 2. The Morgan fingerprint density at radius 1 is 1.25 bits per heavy atom. The zero-order valence-corrected chi connectivity index (χ0v) is 9.32. The van der Waals surface area contributed by atoms with E-state index in [0.29, 0.717) is 6.42 Å². The molecule has 84 valence electrons. The highest BCUT2D eigenvalue weighted by atomic mass is 16.5. The van der Waals surface area contributed by atoms with Crippen molar-refractivity contribution in [2.24, 2.45) is 0 Å². The van der Waals surface area contributed by atoms with E-state index in [0.717, 1.165) is 31.4 Å². The average molecular weight is 216 g/mol. The van der Waals surface area contributed by atoms with Crippen molar-refractivity contribution in [3.05, 3.63) is 47.7 Å². The molecule has 2 rings (SSSR count). The molecule has 0 radical (unpaired) electrons. The minimum Gasteiger partial charge on any atom is -0.501 e. The van der Waals surface area contributed by atoms with Gasteiger partial charge in [-0.2, -0.15) is 0 Å². The molecule has 1 aromatic carbocycles. The second-order valence-electron chi connectivity index (χ2n) is 4.03. The van der Waals surface area contributed by atoms with Crippen molar-refractivity contribution < 1.29 is 9.53 Å². The summed E-state index contributed by atoms with van der Waals surface area (Å²) in [5.41, 5.74) is 2.07. The maximum Gasteiger partial charge on any atom is 0.162 e. The summed E-state index contributed by atoms with van der Waals surface area (Å²) in [5.74, 6) is 0.226. The minimum atomic E-state index is 0.226. The van der Waals surface area contributed by atoms with Crippen molar-refractivity contribution in [2.75, 3.05) is 6.61 Å². The predicted molar refractivity (Wildman–Crippen MR) is 63.0 cm³/mol. The van der Waals surface area contributed by atoms with Crippen LogP contribution >= 0.6 is 0 Å². The fourth-order valence-electron chi connectivity index (χ4n) is 1.83. The molecular weight excluding hydrogens is 200 g/mol. The molecule has 0 aliphatic carbocycles. The average Bonchev–Trinajstić information content (AvgIpc) is 2.38. The van der Waals surface area contributed by atoms with Crippen LogP contribution in [0.1, 0.15) is 24.8 Å². The van der Waals surface area contributed by atoms with E-state index < -0.39 is 0 Å². The van der Waals surface area contributed by atoms with Crippen molar-refractivity contribution in [3.8, 4) is 0 Å². The van der Waals surface area contributed by atoms with Gasteiger partial charge in [-0.1, -0.05) is 30.3 Å². The summed E-state index contributed by atoms with van der Waals surface area (Å²) in [5, 5.41) is 0. The van der Waals surface area contributed by atoms with Crippen molar-refractivity contribution in [1.82, 2.24) is 0 Å². The molecule has 0 unspecified atom stereocenters. The summed E-state index contributed by atoms with van der Waals surface area (Å²) in [6.45, 7) is 0.746. The van der Waals surface area contributed by atoms with Crippen LogP contribution in [0.5, 0.6) is 0 Å². The maximum absolute atomic E-state index is 11.8. The van der Waals surface area contributed by atoms with E-state index in [1.807, 2.05) is 18.2 Å². The number of Topliss-reactive ketones (excluding diaryl/α,β-unsaturated/α-hetero) is 1. The summed E-state index contributed by atoms with van der Waals surface area (Å²) in [6, 6.07) is 10.1. The van der Waals surface area contributed by atoms with E-state index in [-0.39, 0.29) is 5.78 Å². The lowest BCUT2D eigenvalue weighted by Gasteiger charge is -2.12. The number of aryl methyl sites for hydroxylation is 1. The van der Waals surface area contributed by atoms with Gasteiger partial charge in [0.05, 0.1) is 12.9 Å². The number of rotatable bonds is 4. The molecule has 1 heterocycles. The fraction of sp³-hybridized carbons (Fsp3) is 0.357. The summed E-state index contributed by atoms with van der Waals surface area (Å²) in [6.07, 6.45) is 4.86. The van der Waals surface area contributed by atoms with Gasteiger partial charge < -0.3 is 4.74 Å². The van der Waals surface area contributed by atoms with Gasteiger partial charge in [-0.05, 0) is 24.8 Å². The molecule has 0 atom stereocenters. The van der Waals surface area contributed by atoms with Crippen LogP contribution in [-0.4, -0.2) is 12.4 Å². The lowest BCUT2D eigenvalue weighted by Crippen LogP contribution is -2.09. The van der Waals surface area contributed by atoms with Crippen LogP contribution in [0.15, 0.2) is 42.2 Å². The first-order valence-corrected chi connectivity index (χ1v) is 5.74. The molecule has 2 heteroatoms. The summed E-state index contributed by atoms with van der Waals surface area (Å²) < 4.78 is 5.17. The maximum atomic E-state index is 11.8. The number of allylic oxidation sites excluding steroid dienone is 1. The number of benzene rings is 1. The molecule has 1 aromatic rings. The minimum absolute atomic E-state index is 0.226. The van der Waals surface area contributed by atoms with Crippen molar-refractivity contribution in [3.63, 3.8) is 0 Å². The van der Waals surface area contributed by atoms with Gasteiger partial charge in [0.15, 0.2) is 5.78 Å². The smallest absolute Gasteiger partial charge is 0.162 e. The molecule has 0 amide bonds. The Bertz CT molecular complexity index is 379. The molecular formula is C14H16O2. The van der Waals surface area contributed by atoms with E-state index in [4.69, 9.17) is 4.74 Å². The Hall–Kier alpha value is -1.57. The second-order valence-corrected chi connectivity index (χ2v) is 4.03. The third kappa shape index (κ3) is 2.96. The number of ether oxygens (including phenoxy) is 1. The zero-order valence-electron chi connectivity index (χ0n) is 9.32. The Morgan fingerprint density at radius 3 is 2.75 bits per heavy atom. The Balaban J connectivity index is 1.86. The molecule has 16 heavy (non-hydrogen) atoms. The largest absolute Gasteiger partial charge is 0.501 e. The van der Waals surface area contributed by atoms with E-state index in [1.54, 1.807) is 6.26 Å². The Morgan fingerprint density at radius 2 is 2.06 bits per heavy atom. The van der Waals surface area contributed by atoms with Gasteiger partial charge >= 0.3 is 0 Å². The first-order valence-electron chi connectivity index (χ1n) is 5.74. The standard InChI is InChI=1S/C14H16O2/c15-14(13-7-4-10-16-11-13)9-8-12-5-2-1-3-6-12/h1-3,5-6,11H,4,7-10H2. The zero-order chi connectivity index (χ0) is 11.2. The van der Waals surface area contributed by atoms with Crippen LogP contribution in [0, 0.1) is 0 Å². The molecule has 0 saturated heterocycles. The van der Waals surface area contributed by atoms with Crippen molar-refractivity contribution in [1.29, 1.82) is 0 Å². The summed E-state index contributed by atoms with van der Waals surface area (Å²) in [4.78, 5) is 11.8. The number of hydrogen-bond donors (Lipinski definition) is 0. The third-order valence-electron chi connectivity index (χ3n) is 2.78. The monoisotopic (exact) mass is 216 g/mol. The summed E-state index contributed by atoms with van der Waals surface area (Å²) >= 11 is 0. The second kappa shape index (κ2) is 5.50. The first-order chi connectivity index (χ1) is 7.86. The molecule has 0 bridgehead atoms. The van der Waals surface area contributed by atoms with Crippen LogP contribution in [0.3, 0.4) is 0 Å². The van der Waals surface area contributed by atoms with Gasteiger partial charge in [0.25, 0.3) is 0 Å². The van der Waals surface area contributed by atoms with Gasteiger partial charge in [0, 0.05) is 12.0 Å². The molecule has 2 nitrogen and oxygen atoms in total. The Kier molecular flexibility index (Phi) is 3.76. The van der Waals surface area contributed by atoms with E-state index >= 15 is 0 Å². The van der Waals surface area contributed by atoms with Crippen LogP contribution in [-0.2, 0) is 16.0 Å². The van der Waals surface area contributed by atoms with Crippen LogP contribution in [0.2, 0.25) is 0 Å². The van der Waals surface area contributed by atoms with Crippen LogP contribution in [0.4, 0.5) is 0 Å². The highest BCUT2D eigenvalue weighted by Crippen LogP contribution is 2.15. The molecule has 0 aromatic heterocycles. The van der Waals surface area contributed by atoms with Gasteiger partial charge in [0.2, 0.25) is 0 Å². The number of carbonyl (C=O) groups excluding carboxylic acids is 1. The van der Waals surface area contributed by atoms with Gasteiger partial charge in [-0.25, -0.2) is 0 Å². The fourth-order valence-corrected chi connectivity index (χ4v) is 1.83. The molecule has 1 aliphatic heterocycles. The highest BCUT2D eigenvalue weighted by molar-refractivity contribution is 5.95. The van der Waals surface area contributed by atoms with Gasteiger partial charge in [-0.3, -0.25) is 4.79 Å². The predicted octanol–water partition coefficient (Wildman–Crippen LogP) is 2.88. The molecule has 0 N–H and O–H groups in total. The normalized spacial score (nSPS) is 15.1. The SMILES string of the molecule is O=C(CCc1ccccc1)C1=COCCC1. The van der Waals surface area contributed by atoms with Crippen LogP contribution in [0.25, 0.3) is 0 Å². The lowest BCUT2D eigenvalue weighted by molar-refractivity contribution is -0.116.